The highest BCUT2D eigenvalue weighted by atomic mass is 32.2. The first-order valence-electron chi connectivity index (χ1n) is 7.49. The number of hydrogen-bond acceptors (Lipinski definition) is 4. The lowest BCUT2D eigenvalue weighted by Gasteiger charge is -2.25. The van der Waals surface area contributed by atoms with Gasteiger partial charge in [-0.3, -0.25) is 4.79 Å². The van der Waals surface area contributed by atoms with Crippen LogP contribution in [0.15, 0.2) is 70.7 Å². The molecule has 0 saturated heterocycles. The molecule has 2 rings (SSSR count). The molecule has 2 aromatic carbocycles. The molecule has 0 spiro atoms. The number of carbonyl (C=O) groups is 2. The minimum atomic E-state index is -0.780. The Balaban J connectivity index is 2.36. The number of rotatable bonds is 8. The molecule has 25 heavy (non-hydrogen) atoms. The van der Waals surface area contributed by atoms with Gasteiger partial charge in [0.25, 0.3) is 0 Å². The van der Waals surface area contributed by atoms with E-state index in [1.807, 2.05) is 36.4 Å². The lowest BCUT2D eigenvalue weighted by molar-refractivity contribution is 0.0979. The second-order valence-electron chi connectivity index (χ2n) is 5.11. The molecule has 3 N–H and O–H groups in total. The summed E-state index contributed by atoms with van der Waals surface area (Å²) in [5.41, 5.74) is 14.3. The summed E-state index contributed by atoms with van der Waals surface area (Å²) in [5, 5.41) is 5.33. The summed E-state index contributed by atoms with van der Waals surface area (Å²) in [7, 11) is 0. The number of benzene rings is 2. The molecule has 8 heteroatoms. The van der Waals surface area contributed by atoms with Gasteiger partial charge in [-0.05, 0) is 17.7 Å². The number of ketones is 1. The van der Waals surface area contributed by atoms with Gasteiger partial charge >= 0.3 is 6.03 Å². The van der Waals surface area contributed by atoms with Gasteiger partial charge in [-0.15, -0.1) is 11.8 Å². The molecule has 0 aromatic heterocycles. The van der Waals surface area contributed by atoms with Crippen molar-refractivity contribution in [1.82, 2.24) is 5.32 Å². The molecule has 0 heterocycles. The van der Waals surface area contributed by atoms with Crippen LogP contribution in [0.3, 0.4) is 0 Å². The predicted octanol–water partition coefficient (Wildman–Crippen LogP) is 3.38. The molecule has 0 bridgehead atoms. The van der Waals surface area contributed by atoms with Gasteiger partial charge < -0.3 is 11.1 Å². The Kier molecular flexibility index (Phi) is 6.88. The minimum Gasteiger partial charge on any atom is -0.352 e. The zero-order valence-corrected chi connectivity index (χ0v) is 14.1. The largest absolute Gasteiger partial charge is 0.352 e. The number of urea groups is 1. The molecular weight excluding hydrogens is 338 g/mol. The van der Waals surface area contributed by atoms with Crippen molar-refractivity contribution in [3.63, 3.8) is 0 Å². The number of thioether (sulfide) groups is 1. The number of nitrogens with two attached hydrogens (primary N) is 1. The number of hydrogen-bond donors (Lipinski definition) is 2. The number of primary amides is 1. The Morgan fingerprint density at radius 3 is 2.28 bits per heavy atom. The maximum absolute atomic E-state index is 13.0. The van der Waals surface area contributed by atoms with Crippen molar-refractivity contribution in [2.24, 2.45) is 10.8 Å². The molecule has 2 aromatic rings. The van der Waals surface area contributed by atoms with Crippen LogP contribution in [-0.2, 0) is 0 Å². The molecule has 0 radical (unpaired) electrons. The lowest BCUT2D eigenvalue weighted by Crippen LogP contribution is -2.49. The zero-order chi connectivity index (χ0) is 18.1. The maximum atomic E-state index is 13.0. The zero-order valence-electron chi connectivity index (χ0n) is 13.3. The molecule has 0 aliphatic rings. The molecule has 0 saturated carbocycles. The summed E-state index contributed by atoms with van der Waals surface area (Å²) >= 11 is 1.29. The summed E-state index contributed by atoms with van der Waals surface area (Å²) in [6.45, 7) is -0.0808. The molecule has 128 valence electrons. The average Bonchev–Trinajstić information content (AvgIpc) is 2.64. The predicted molar refractivity (Wildman–Crippen MR) is 97.4 cm³/mol. The van der Waals surface area contributed by atoms with Crippen molar-refractivity contribution in [3.05, 3.63) is 76.7 Å². The summed E-state index contributed by atoms with van der Waals surface area (Å²) in [4.78, 5) is 27.9. The average molecular weight is 355 g/mol. The van der Waals surface area contributed by atoms with Gasteiger partial charge in [0.05, 0.1) is 11.3 Å². The first kappa shape index (κ1) is 18.4. The monoisotopic (exact) mass is 355 g/mol. The van der Waals surface area contributed by atoms with Crippen LogP contribution < -0.4 is 11.1 Å². The summed E-state index contributed by atoms with van der Waals surface area (Å²) in [6.07, 6.45) is 0. The fourth-order valence-corrected chi connectivity index (χ4v) is 3.42. The van der Waals surface area contributed by atoms with E-state index in [-0.39, 0.29) is 12.3 Å². The van der Waals surface area contributed by atoms with Crippen LogP contribution in [0.2, 0.25) is 0 Å². The van der Waals surface area contributed by atoms with Gasteiger partial charge in [0.1, 0.15) is 0 Å². The molecule has 0 aliphatic carbocycles. The van der Waals surface area contributed by atoms with Crippen LogP contribution in [-0.4, -0.2) is 29.7 Å². The van der Waals surface area contributed by atoms with E-state index in [1.165, 1.54) is 11.8 Å². The van der Waals surface area contributed by atoms with Crippen molar-refractivity contribution >= 4 is 23.6 Å². The van der Waals surface area contributed by atoms with E-state index in [4.69, 9.17) is 11.3 Å². The third-order valence-electron chi connectivity index (χ3n) is 3.36. The minimum absolute atomic E-state index is 0.0808. The summed E-state index contributed by atoms with van der Waals surface area (Å²) in [6, 6.07) is 16.6. The number of azide groups is 1. The van der Waals surface area contributed by atoms with Crippen molar-refractivity contribution in [1.29, 1.82) is 0 Å². The first-order chi connectivity index (χ1) is 12.1. The Bertz CT molecular complexity index is 759. The first-order valence-corrected chi connectivity index (χ1v) is 8.37. The summed E-state index contributed by atoms with van der Waals surface area (Å²) in [5.74, 6) is -0.179. The van der Waals surface area contributed by atoms with Crippen molar-refractivity contribution in [2.75, 3.05) is 6.54 Å². The topological polar surface area (TPSA) is 121 Å². The van der Waals surface area contributed by atoms with E-state index in [0.29, 0.717) is 5.56 Å². The van der Waals surface area contributed by atoms with Gasteiger partial charge in [-0.1, -0.05) is 53.6 Å². The normalized spacial score (nSPS) is 12.5. The lowest BCUT2D eigenvalue weighted by atomic mass is 10.0. The second-order valence-corrected chi connectivity index (χ2v) is 6.33. The number of nitrogens with one attached hydrogen (secondary N) is 1. The van der Waals surface area contributed by atoms with Crippen molar-refractivity contribution < 1.29 is 9.59 Å². The van der Waals surface area contributed by atoms with Gasteiger partial charge in [-0.2, -0.15) is 0 Å². The molecule has 0 aliphatic heterocycles. The fourth-order valence-electron chi connectivity index (χ4n) is 2.26. The Labute approximate surface area is 149 Å². The molecule has 2 unspecified atom stereocenters. The van der Waals surface area contributed by atoms with Gasteiger partial charge in [0, 0.05) is 21.9 Å². The van der Waals surface area contributed by atoms with Crippen LogP contribution >= 0.6 is 11.8 Å². The van der Waals surface area contributed by atoms with Crippen molar-refractivity contribution in [3.8, 4) is 0 Å². The number of Topliss-reactive ketones (excluding diaryl/α,β-unsaturated/α-hetero) is 1. The van der Waals surface area contributed by atoms with Gasteiger partial charge in [0.2, 0.25) is 0 Å². The Morgan fingerprint density at radius 1 is 1.12 bits per heavy atom. The summed E-state index contributed by atoms with van der Waals surface area (Å²) < 4.78 is 0. The smallest absolute Gasteiger partial charge is 0.312 e. The quantitative estimate of drug-likeness (QED) is 0.248. The Morgan fingerprint density at radius 2 is 1.72 bits per heavy atom. The highest BCUT2D eigenvalue weighted by Crippen LogP contribution is 2.28. The van der Waals surface area contributed by atoms with E-state index < -0.39 is 17.3 Å². The highest BCUT2D eigenvalue weighted by Gasteiger charge is 2.30. The third kappa shape index (κ3) is 5.56. The second kappa shape index (κ2) is 9.36. The number of nitrogens with zero attached hydrogens (tertiary/aromatic N) is 3. The van der Waals surface area contributed by atoms with E-state index in [9.17, 15) is 9.59 Å². The number of amides is 2. The van der Waals surface area contributed by atoms with Gasteiger partial charge in [0.15, 0.2) is 5.78 Å². The SMILES string of the molecule is [N-]=[N+]=NCC(NC(N)=O)C(Sc1ccccc1)C(=O)c1ccccc1. The van der Waals surface area contributed by atoms with Crippen LogP contribution in [0.1, 0.15) is 10.4 Å². The molecular formula is C17H17N5O2S. The van der Waals surface area contributed by atoms with Crippen LogP contribution in [0.5, 0.6) is 0 Å². The van der Waals surface area contributed by atoms with E-state index in [1.54, 1.807) is 24.3 Å². The van der Waals surface area contributed by atoms with Crippen molar-refractivity contribution in [2.45, 2.75) is 16.2 Å². The standard InChI is InChI=1S/C17H17N5O2S/c18-17(24)21-14(11-20-22-19)16(25-13-9-5-2-6-10-13)15(23)12-7-3-1-4-8-12/h1-10,14,16H,11H2,(H3,18,21,24). The maximum Gasteiger partial charge on any atom is 0.312 e. The molecule has 2 atom stereocenters. The fraction of sp³-hybridized carbons (Fsp3) is 0.176. The van der Waals surface area contributed by atoms with Crippen LogP contribution in [0.4, 0.5) is 4.79 Å². The Hall–Kier alpha value is -2.96. The van der Waals surface area contributed by atoms with Crippen LogP contribution in [0.25, 0.3) is 10.4 Å². The van der Waals surface area contributed by atoms with E-state index in [2.05, 4.69) is 15.3 Å². The molecule has 0 fully saturated rings. The van der Waals surface area contributed by atoms with E-state index >= 15 is 0 Å². The van der Waals surface area contributed by atoms with Gasteiger partial charge in [-0.25, -0.2) is 4.79 Å². The molecule has 7 nitrogen and oxygen atoms in total. The third-order valence-corrected chi connectivity index (χ3v) is 4.70. The van der Waals surface area contributed by atoms with Crippen LogP contribution in [0, 0.1) is 0 Å². The van der Waals surface area contributed by atoms with E-state index in [0.717, 1.165) is 4.90 Å². The highest BCUT2D eigenvalue weighted by molar-refractivity contribution is 8.00. The molecule has 2 amide bonds. The number of carbonyl (C=O) groups excluding carboxylic acids is 2.